The number of rotatable bonds is 6. The molecule has 1 N–H and O–H groups in total. The third kappa shape index (κ3) is 4.02. The van der Waals surface area contributed by atoms with Crippen LogP contribution in [0.5, 0.6) is 17.2 Å². The van der Waals surface area contributed by atoms with E-state index in [0.29, 0.717) is 29.4 Å². The first-order valence-corrected chi connectivity index (χ1v) is 10.9. The van der Waals surface area contributed by atoms with Crippen molar-refractivity contribution in [2.45, 2.75) is 25.7 Å². The zero-order valence-electron chi connectivity index (χ0n) is 17.7. The molecule has 1 heterocycles. The van der Waals surface area contributed by atoms with E-state index in [9.17, 15) is 13.2 Å². The smallest absolute Gasteiger partial charge is 0.265 e. The van der Waals surface area contributed by atoms with E-state index in [1.54, 1.807) is 29.2 Å². The topological polar surface area (TPSA) is 94.2 Å². The number of anilines is 2. The van der Waals surface area contributed by atoms with Gasteiger partial charge in [-0.1, -0.05) is 0 Å². The minimum absolute atomic E-state index is 0.0433. The molecule has 2 aromatic rings. The van der Waals surface area contributed by atoms with E-state index in [0.717, 1.165) is 0 Å². The molecule has 0 spiro atoms. The largest absolute Gasteiger partial charge is 0.497 e. The maximum absolute atomic E-state index is 13.0. The number of ether oxygens (including phenoxy) is 3. The van der Waals surface area contributed by atoms with Crippen molar-refractivity contribution in [3.63, 3.8) is 0 Å². The average Bonchev–Trinajstić information content (AvgIpc) is 2.81. The van der Waals surface area contributed by atoms with Gasteiger partial charge >= 0.3 is 0 Å². The summed E-state index contributed by atoms with van der Waals surface area (Å²) < 4.78 is 44.8. The number of carbonyl (C=O) groups is 1. The fraction of sp³-hybridized carbons (Fsp3) is 0.381. The highest BCUT2D eigenvalue weighted by atomic mass is 32.2. The molecule has 2 aromatic carbocycles. The lowest BCUT2D eigenvalue weighted by molar-refractivity contribution is -0.127. The van der Waals surface area contributed by atoms with Crippen LogP contribution in [0.25, 0.3) is 0 Å². The van der Waals surface area contributed by atoms with Crippen molar-refractivity contribution in [2.24, 2.45) is 5.41 Å². The third-order valence-corrected chi connectivity index (χ3v) is 6.29. The number of sulfonamides is 1. The molecule has 0 bridgehead atoms. The summed E-state index contributed by atoms with van der Waals surface area (Å²) in [6.45, 7) is 6.19. The number of hydrogen-bond donors (Lipinski definition) is 1. The van der Waals surface area contributed by atoms with Crippen LogP contribution in [0.3, 0.4) is 0 Å². The number of hydrogen-bond acceptors (Lipinski definition) is 6. The quantitative estimate of drug-likeness (QED) is 0.750. The van der Waals surface area contributed by atoms with Crippen LogP contribution in [0.4, 0.5) is 11.4 Å². The maximum Gasteiger partial charge on any atom is 0.265 e. The number of amides is 1. The van der Waals surface area contributed by atoms with Crippen molar-refractivity contribution < 1.29 is 27.4 Å². The molecule has 0 aromatic heterocycles. The minimum Gasteiger partial charge on any atom is -0.497 e. The second-order valence-corrected chi connectivity index (χ2v) is 9.18. The summed E-state index contributed by atoms with van der Waals surface area (Å²) in [6.07, 6.45) is 0. The summed E-state index contributed by atoms with van der Waals surface area (Å²) in [5.41, 5.74) is 0.222. The molecular weight excluding hydrogens is 408 g/mol. The van der Waals surface area contributed by atoms with Crippen molar-refractivity contribution in [3.8, 4) is 17.2 Å². The minimum atomic E-state index is -3.97. The molecule has 8 nitrogen and oxygen atoms in total. The van der Waals surface area contributed by atoms with Crippen molar-refractivity contribution in [1.29, 1.82) is 0 Å². The lowest BCUT2D eigenvalue weighted by Gasteiger charge is -2.26. The molecule has 0 unspecified atom stereocenters. The van der Waals surface area contributed by atoms with Gasteiger partial charge in [-0.25, -0.2) is 8.42 Å². The first kappa shape index (κ1) is 21.8. The van der Waals surface area contributed by atoms with Gasteiger partial charge in [0.1, 0.15) is 28.8 Å². The molecule has 1 aliphatic rings. The fourth-order valence-electron chi connectivity index (χ4n) is 3.23. The Hall–Kier alpha value is -2.94. The van der Waals surface area contributed by atoms with Crippen molar-refractivity contribution in [1.82, 2.24) is 0 Å². The molecule has 1 amide bonds. The molecular formula is C21H26N2O6S. The van der Waals surface area contributed by atoms with E-state index < -0.39 is 15.4 Å². The van der Waals surface area contributed by atoms with Crippen molar-refractivity contribution in [3.05, 3.63) is 36.4 Å². The van der Waals surface area contributed by atoms with Crippen LogP contribution in [0.2, 0.25) is 0 Å². The summed E-state index contributed by atoms with van der Waals surface area (Å²) in [7, 11) is -1.11. The molecule has 3 rings (SSSR count). The Morgan fingerprint density at radius 1 is 1.13 bits per heavy atom. The fourth-order valence-corrected chi connectivity index (χ4v) is 4.46. The third-order valence-electron chi connectivity index (χ3n) is 4.89. The van der Waals surface area contributed by atoms with Gasteiger partial charge in [0.25, 0.3) is 10.0 Å². The van der Waals surface area contributed by atoms with Gasteiger partial charge in [0.15, 0.2) is 0 Å². The van der Waals surface area contributed by atoms with Crippen molar-refractivity contribution in [2.75, 3.05) is 37.0 Å². The number of nitrogens with one attached hydrogen (secondary N) is 1. The van der Waals surface area contributed by atoms with E-state index in [-0.39, 0.29) is 23.2 Å². The van der Waals surface area contributed by atoms with Crippen LogP contribution in [0, 0.1) is 5.41 Å². The van der Waals surface area contributed by atoms with Gasteiger partial charge in [0, 0.05) is 18.7 Å². The Morgan fingerprint density at radius 2 is 1.87 bits per heavy atom. The van der Waals surface area contributed by atoms with Crippen LogP contribution < -0.4 is 23.8 Å². The van der Waals surface area contributed by atoms with E-state index in [1.165, 1.54) is 26.4 Å². The highest BCUT2D eigenvalue weighted by molar-refractivity contribution is 7.92. The molecule has 9 heteroatoms. The summed E-state index contributed by atoms with van der Waals surface area (Å²) in [5.74, 6) is 0.978. The normalized spacial score (nSPS) is 15.6. The van der Waals surface area contributed by atoms with Crippen LogP contribution in [0.15, 0.2) is 41.3 Å². The molecule has 0 saturated heterocycles. The number of fused-ring (bicyclic) bond motifs is 1. The van der Waals surface area contributed by atoms with Gasteiger partial charge in [-0.3, -0.25) is 9.52 Å². The predicted molar refractivity (Wildman–Crippen MR) is 114 cm³/mol. The van der Waals surface area contributed by atoms with Gasteiger partial charge in [0.05, 0.1) is 31.0 Å². The first-order chi connectivity index (χ1) is 14.1. The van der Waals surface area contributed by atoms with Crippen LogP contribution in [-0.2, 0) is 14.8 Å². The van der Waals surface area contributed by atoms with Crippen molar-refractivity contribution >= 4 is 27.3 Å². The Morgan fingerprint density at radius 3 is 2.50 bits per heavy atom. The maximum atomic E-state index is 13.0. The number of benzene rings is 2. The van der Waals surface area contributed by atoms with E-state index in [4.69, 9.17) is 14.2 Å². The molecule has 1 aliphatic heterocycles. The molecule has 0 fully saturated rings. The van der Waals surface area contributed by atoms with Crippen LogP contribution in [-0.4, -0.2) is 41.7 Å². The molecule has 30 heavy (non-hydrogen) atoms. The molecule has 0 atom stereocenters. The summed E-state index contributed by atoms with van der Waals surface area (Å²) in [5, 5.41) is 0. The average molecular weight is 435 g/mol. The van der Waals surface area contributed by atoms with Gasteiger partial charge in [-0.15, -0.1) is 0 Å². The molecule has 0 radical (unpaired) electrons. The van der Waals surface area contributed by atoms with E-state index >= 15 is 0 Å². The summed E-state index contributed by atoms with van der Waals surface area (Å²) in [6, 6.07) is 9.39. The Balaban J connectivity index is 1.98. The SMILES string of the molecule is CCN1C(=O)C(C)(C)COc2cc(NS(=O)(=O)c3cc(OC)ccc3OC)ccc21. The lowest BCUT2D eigenvalue weighted by atomic mass is 9.93. The number of carbonyl (C=O) groups excluding carboxylic acids is 1. The monoisotopic (exact) mass is 434 g/mol. The zero-order valence-corrected chi connectivity index (χ0v) is 18.5. The Kier molecular flexibility index (Phi) is 5.85. The van der Waals surface area contributed by atoms with Crippen LogP contribution >= 0.6 is 0 Å². The summed E-state index contributed by atoms with van der Waals surface area (Å²) >= 11 is 0. The van der Waals surface area contributed by atoms with Gasteiger partial charge < -0.3 is 19.1 Å². The summed E-state index contributed by atoms with van der Waals surface area (Å²) in [4.78, 5) is 14.4. The second kappa shape index (κ2) is 8.06. The highest BCUT2D eigenvalue weighted by Crippen LogP contribution is 2.39. The molecule has 0 aliphatic carbocycles. The van der Waals surface area contributed by atoms with Gasteiger partial charge in [-0.2, -0.15) is 0 Å². The zero-order chi connectivity index (χ0) is 22.1. The Labute approximate surface area is 176 Å². The highest BCUT2D eigenvalue weighted by Gasteiger charge is 2.37. The number of nitrogens with zero attached hydrogens (tertiary/aromatic N) is 1. The molecule has 0 saturated carbocycles. The van der Waals surface area contributed by atoms with Crippen LogP contribution in [0.1, 0.15) is 20.8 Å². The van der Waals surface area contributed by atoms with E-state index in [1.807, 2.05) is 20.8 Å². The molecule has 162 valence electrons. The van der Waals surface area contributed by atoms with E-state index in [2.05, 4.69) is 4.72 Å². The van der Waals surface area contributed by atoms with Gasteiger partial charge in [-0.05, 0) is 45.0 Å². The lowest BCUT2D eigenvalue weighted by Crippen LogP contribution is -2.42. The van der Waals surface area contributed by atoms with Gasteiger partial charge in [0.2, 0.25) is 5.91 Å². The predicted octanol–water partition coefficient (Wildman–Crippen LogP) is 3.28. The number of methoxy groups -OCH3 is 2. The standard InChI is InChI=1S/C21H26N2O6S/c1-6-23-16-9-7-14(11-18(16)29-13-21(2,3)20(23)24)22-30(25,26)19-12-15(27-4)8-10-17(19)28-5/h7-12,22H,6,13H2,1-5H3. The first-order valence-electron chi connectivity index (χ1n) is 9.46. The second-order valence-electron chi connectivity index (χ2n) is 7.53. The Bertz CT molecular complexity index is 1070.